The van der Waals surface area contributed by atoms with Crippen LogP contribution in [0.1, 0.15) is 13.8 Å². The van der Waals surface area contributed by atoms with E-state index in [-0.39, 0.29) is 10.7 Å². The fourth-order valence-corrected chi connectivity index (χ4v) is 1.95. The van der Waals surface area contributed by atoms with E-state index in [1.807, 2.05) is 0 Å². The molecule has 1 rings (SSSR count). The Morgan fingerprint density at radius 2 is 2.17 bits per heavy atom. The first-order valence-electron chi connectivity index (χ1n) is 4.91. The Morgan fingerprint density at radius 3 is 2.72 bits per heavy atom. The highest BCUT2D eigenvalue weighted by atomic mass is 35.5. The van der Waals surface area contributed by atoms with Gasteiger partial charge in [-0.15, -0.1) is 0 Å². The predicted molar refractivity (Wildman–Crippen MR) is 66.5 cm³/mol. The number of aromatic nitrogens is 1. The summed E-state index contributed by atoms with van der Waals surface area (Å²) in [6, 6.07) is 1.41. The van der Waals surface area contributed by atoms with Crippen LogP contribution in [0.5, 0.6) is 0 Å². The Labute approximate surface area is 110 Å². The van der Waals surface area contributed by atoms with E-state index in [9.17, 15) is 13.2 Å². The van der Waals surface area contributed by atoms with E-state index in [1.165, 1.54) is 18.5 Å². The van der Waals surface area contributed by atoms with Crippen LogP contribution in [0.2, 0.25) is 5.02 Å². The molecule has 0 bridgehead atoms. The molecule has 0 aliphatic carbocycles. The molecule has 0 fully saturated rings. The van der Waals surface area contributed by atoms with Gasteiger partial charge in [0.1, 0.15) is 0 Å². The number of hydrogen-bond donors (Lipinski definition) is 2. The number of nitrogens with one attached hydrogen (secondary N) is 2. The van der Waals surface area contributed by atoms with Gasteiger partial charge in [-0.3, -0.25) is 9.71 Å². The number of amides is 1. The summed E-state index contributed by atoms with van der Waals surface area (Å²) < 4.78 is 31.4. The van der Waals surface area contributed by atoms with Crippen LogP contribution in [0.3, 0.4) is 0 Å². The first kappa shape index (κ1) is 14.5. The maximum atomic E-state index is 11.5. The average Bonchev–Trinajstić information content (AvgIpc) is 2.18. The van der Waals surface area contributed by atoms with Crippen LogP contribution in [0.25, 0.3) is 0 Å². The number of ether oxygens (including phenoxy) is 1. The Hall–Kier alpha value is -1.54. The zero-order chi connectivity index (χ0) is 13.8. The Balaban J connectivity index is 2.72. The van der Waals surface area contributed by atoms with Crippen molar-refractivity contribution in [1.82, 2.24) is 9.71 Å². The number of hydrogen-bond acceptors (Lipinski definition) is 5. The third-order valence-corrected chi connectivity index (χ3v) is 2.83. The lowest BCUT2D eigenvalue weighted by Gasteiger charge is -2.11. The summed E-state index contributed by atoms with van der Waals surface area (Å²) in [7, 11) is -4.10. The highest BCUT2D eigenvalue weighted by Crippen LogP contribution is 2.19. The van der Waals surface area contributed by atoms with E-state index in [4.69, 9.17) is 11.6 Å². The molecule has 2 N–H and O–H groups in total. The summed E-state index contributed by atoms with van der Waals surface area (Å²) in [5.41, 5.74) is 0.0593. The van der Waals surface area contributed by atoms with Gasteiger partial charge in [0.25, 0.3) is 0 Å². The molecule has 1 amide bonds. The Bertz CT molecular complexity index is 532. The van der Waals surface area contributed by atoms with E-state index < -0.39 is 22.4 Å². The molecule has 0 unspecified atom stereocenters. The SMILES string of the molecule is CC(C)OC(=O)NS(=O)(=O)Nc1cnccc1Cl. The lowest BCUT2D eigenvalue weighted by molar-refractivity contribution is 0.121. The molecular formula is C9H12ClN3O4S. The molecule has 1 heterocycles. The fourth-order valence-electron chi connectivity index (χ4n) is 0.971. The maximum Gasteiger partial charge on any atom is 0.422 e. The third-order valence-electron chi connectivity index (χ3n) is 1.57. The van der Waals surface area contributed by atoms with Gasteiger partial charge in [0.15, 0.2) is 0 Å². The molecule has 1 aromatic heterocycles. The van der Waals surface area contributed by atoms with Gasteiger partial charge in [-0.1, -0.05) is 11.6 Å². The minimum atomic E-state index is -4.10. The van der Waals surface area contributed by atoms with Gasteiger partial charge in [-0.2, -0.15) is 8.42 Å². The summed E-state index contributed by atoms with van der Waals surface area (Å²) in [6.45, 7) is 3.19. The predicted octanol–water partition coefficient (Wildman–Crippen LogP) is 1.53. The number of anilines is 1. The van der Waals surface area contributed by atoms with E-state index in [2.05, 4.69) is 14.4 Å². The monoisotopic (exact) mass is 293 g/mol. The topological polar surface area (TPSA) is 97.4 Å². The minimum Gasteiger partial charge on any atom is -0.446 e. The lowest BCUT2D eigenvalue weighted by Crippen LogP contribution is -2.36. The van der Waals surface area contributed by atoms with Crippen molar-refractivity contribution < 1.29 is 17.9 Å². The van der Waals surface area contributed by atoms with E-state index >= 15 is 0 Å². The molecule has 7 nitrogen and oxygen atoms in total. The number of rotatable bonds is 4. The van der Waals surface area contributed by atoms with Crippen molar-refractivity contribution in [2.24, 2.45) is 0 Å². The van der Waals surface area contributed by atoms with Crippen molar-refractivity contribution in [3.8, 4) is 0 Å². The summed E-state index contributed by atoms with van der Waals surface area (Å²) in [5, 5.41) is 0.160. The highest BCUT2D eigenvalue weighted by Gasteiger charge is 2.17. The second-order valence-electron chi connectivity index (χ2n) is 3.52. The van der Waals surface area contributed by atoms with Crippen molar-refractivity contribution in [3.05, 3.63) is 23.5 Å². The summed E-state index contributed by atoms with van der Waals surface area (Å²) in [4.78, 5) is 14.8. The van der Waals surface area contributed by atoms with Crippen LogP contribution in [-0.4, -0.2) is 25.6 Å². The van der Waals surface area contributed by atoms with E-state index in [1.54, 1.807) is 18.6 Å². The number of carbonyl (C=O) groups is 1. The van der Waals surface area contributed by atoms with Crippen LogP contribution in [0.4, 0.5) is 10.5 Å². The fraction of sp³-hybridized carbons (Fsp3) is 0.333. The molecule has 100 valence electrons. The molecule has 18 heavy (non-hydrogen) atoms. The van der Waals surface area contributed by atoms with Crippen molar-refractivity contribution >= 4 is 33.6 Å². The zero-order valence-electron chi connectivity index (χ0n) is 9.68. The van der Waals surface area contributed by atoms with Gasteiger partial charge < -0.3 is 4.74 Å². The van der Waals surface area contributed by atoms with Gasteiger partial charge in [0.05, 0.1) is 23.0 Å². The van der Waals surface area contributed by atoms with E-state index in [0.29, 0.717) is 0 Å². The number of carbonyl (C=O) groups excluding carboxylic acids is 1. The molecule has 0 saturated heterocycles. The van der Waals surface area contributed by atoms with Crippen LogP contribution >= 0.6 is 11.6 Å². The van der Waals surface area contributed by atoms with Gasteiger partial charge >= 0.3 is 16.3 Å². The molecule has 9 heteroatoms. The first-order chi connectivity index (χ1) is 8.30. The molecule has 0 aliphatic heterocycles. The normalized spacial score (nSPS) is 11.1. The molecule has 0 aromatic carbocycles. The third kappa shape index (κ3) is 4.76. The number of halogens is 1. The van der Waals surface area contributed by atoms with Crippen LogP contribution in [-0.2, 0) is 14.9 Å². The standard InChI is InChI=1S/C9H12ClN3O4S/c1-6(2)17-9(14)13-18(15,16)12-8-5-11-4-3-7(8)10/h3-6,12H,1-2H3,(H,13,14). The van der Waals surface area contributed by atoms with E-state index in [0.717, 1.165) is 0 Å². The van der Waals surface area contributed by atoms with Gasteiger partial charge in [0, 0.05) is 6.20 Å². The summed E-state index contributed by atoms with van der Waals surface area (Å²) >= 11 is 5.74. The molecule has 0 spiro atoms. The second-order valence-corrected chi connectivity index (χ2v) is 5.34. The van der Waals surface area contributed by atoms with Gasteiger partial charge in [-0.05, 0) is 19.9 Å². The van der Waals surface area contributed by atoms with Crippen molar-refractivity contribution in [2.75, 3.05) is 4.72 Å². The summed E-state index contributed by atoms with van der Waals surface area (Å²) in [5.74, 6) is 0. The second kappa shape index (κ2) is 5.87. The van der Waals surface area contributed by atoms with Crippen LogP contribution in [0.15, 0.2) is 18.5 Å². The number of nitrogens with zero attached hydrogens (tertiary/aromatic N) is 1. The lowest BCUT2D eigenvalue weighted by atomic mass is 10.4. The molecular weight excluding hydrogens is 282 g/mol. The maximum absolute atomic E-state index is 11.5. The van der Waals surface area contributed by atoms with Crippen molar-refractivity contribution in [3.63, 3.8) is 0 Å². The Kier molecular flexibility index (Phi) is 4.74. The van der Waals surface area contributed by atoms with Crippen molar-refractivity contribution in [2.45, 2.75) is 20.0 Å². The van der Waals surface area contributed by atoms with Crippen molar-refractivity contribution in [1.29, 1.82) is 0 Å². The number of pyridine rings is 1. The molecule has 0 radical (unpaired) electrons. The van der Waals surface area contributed by atoms with Crippen LogP contribution < -0.4 is 9.44 Å². The minimum absolute atomic E-state index is 0.0593. The van der Waals surface area contributed by atoms with Crippen LogP contribution in [0, 0.1) is 0 Å². The summed E-state index contributed by atoms with van der Waals surface area (Å²) in [6.07, 6.45) is 1.12. The highest BCUT2D eigenvalue weighted by molar-refractivity contribution is 7.91. The Morgan fingerprint density at radius 1 is 1.50 bits per heavy atom. The largest absolute Gasteiger partial charge is 0.446 e. The molecule has 1 aromatic rings. The van der Waals surface area contributed by atoms with Gasteiger partial charge in [0.2, 0.25) is 0 Å². The molecule has 0 saturated carbocycles. The zero-order valence-corrected chi connectivity index (χ0v) is 11.2. The molecule has 0 aliphatic rings. The average molecular weight is 294 g/mol. The smallest absolute Gasteiger partial charge is 0.422 e. The van der Waals surface area contributed by atoms with Gasteiger partial charge in [-0.25, -0.2) is 9.52 Å². The first-order valence-corrected chi connectivity index (χ1v) is 6.77. The quantitative estimate of drug-likeness (QED) is 0.877. The molecule has 0 atom stereocenters.